The van der Waals surface area contributed by atoms with Crippen LogP contribution in [0.3, 0.4) is 0 Å². The Kier molecular flexibility index (Phi) is 3.93. The number of nitrogens with one attached hydrogen (secondary N) is 1. The van der Waals surface area contributed by atoms with Crippen LogP contribution in [-0.2, 0) is 16.0 Å². The van der Waals surface area contributed by atoms with Gasteiger partial charge in [0, 0.05) is 17.7 Å². The SMILES string of the molecule is CC(=O)c1cccc(NC(=O)[C@@]2(C)Cc3ccccc3C(=O)O2)c1. The standard InChI is InChI=1S/C19H17NO4/c1-12(21)13-7-5-8-15(10-13)20-18(23)19(2)11-14-6-3-4-9-16(14)17(22)24-19/h3-10H,11H2,1-2H3,(H,20,23)/t19-/m1/s1. The summed E-state index contributed by atoms with van der Waals surface area (Å²) in [6.45, 7) is 3.05. The molecule has 2 aromatic rings. The predicted molar refractivity (Wildman–Crippen MR) is 89.0 cm³/mol. The summed E-state index contributed by atoms with van der Waals surface area (Å²) in [7, 11) is 0. The molecule has 0 unspecified atom stereocenters. The van der Waals surface area contributed by atoms with Gasteiger partial charge in [0.15, 0.2) is 11.4 Å². The normalized spacial score (nSPS) is 19.2. The highest BCUT2D eigenvalue weighted by atomic mass is 16.6. The van der Waals surface area contributed by atoms with Crippen LogP contribution in [0.4, 0.5) is 5.69 Å². The van der Waals surface area contributed by atoms with Crippen molar-refractivity contribution in [1.29, 1.82) is 0 Å². The summed E-state index contributed by atoms with van der Waals surface area (Å²) < 4.78 is 5.39. The van der Waals surface area contributed by atoms with E-state index in [1.165, 1.54) is 6.92 Å². The van der Waals surface area contributed by atoms with Gasteiger partial charge in [-0.2, -0.15) is 0 Å². The number of carbonyl (C=O) groups is 3. The molecule has 2 aromatic carbocycles. The van der Waals surface area contributed by atoms with Gasteiger partial charge in [0.05, 0.1) is 5.56 Å². The van der Waals surface area contributed by atoms with Crippen LogP contribution in [0, 0.1) is 0 Å². The number of hydrogen-bond donors (Lipinski definition) is 1. The Labute approximate surface area is 139 Å². The van der Waals surface area contributed by atoms with E-state index in [2.05, 4.69) is 5.32 Å². The minimum Gasteiger partial charge on any atom is -0.445 e. The lowest BCUT2D eigenvalue weighted by Gasteiger charge is -2.33. The average Bonchev–Trinajstić information content (AvgIpc) is 2.55. The Morgan fingerprint density at radius 3 is 2.62 bits per heavy atom. The third-order valence-electron chi connectivity index (χ3n) is 4.09. The molecule has 5 heteroatoms. The maximum Gasteiger partial charge on any atom is 0.339 e. The van der Waals surface area contributed by atoms with Crippen LogP contribution in [0.1, 0.15) is 40.1 Å². The molecule has 1 amide bonds. The summed E-state index contributed by atoms with van der Waals surface area (Å²) >= 11 is 0. The number of cyclic esters (lactones) is 1. The number of ether oxygens (including phenoxy) is 1. The van der Waals surface area contributed by atoms with Gasteiger partial charge in [-0.1, -0.05) is 30.3 Å². The van der Waals surface area contributed by atoms with Gasteiger partial charge in [-0.3, -0.25) is 9.59 Å². The molecule has 1 aliphatic heterocycles. The lowest BCUT2D eigenvalue weighted by atomic mass is 9.89. The Hall–Kier alpha value is -2.95. The second-order valence-corrected chi connectivity index (χ2v) is 6.05. The number of carbonyl (C=O) groups excluding carboxylic acids is 3. The molecule has 1 atom stereocenters. The maximum atomic E-state index is 12.7. The van der Waals surface area contributed by atoms with Crippen molar-refractivity contribution >= 4 is 23.3 Å². The van der Waals surface area contributed by atoms with E-state index in [1.54, 1.807) is 43.3 Å². The first kappa shape index (κ1) is 15.9. The first-order valence-corrected chi connectivity index (χ1v) is 7.63. The number of rotatable bonds is 3. The van der Waals surface area contributed by atoms with Crippen LogP contribution >= 0.6 is 0 Å². The Balaban J connectivity index is 1.84. The van der Waals surface area contributed by atoms with E-state index in [4.69, 9.17) is 4.74 Å². The first-order chi connectivity index (χ1) is 11.4. The van der Waals surface area contributed by atoms with Gasteiger partial charge in [0.25, 0.3) is 5.91 Å². The van der Waals surface area contributed by atoms with Crippen LogP contribution < -0.4 is 5.32 Å². The molecule has 0 aliphatic carbocycles. The molecule has 0 saturated carbocycles. The van der Waals surface area contributed by atoms with Gasteiger partial charge in [-0.15, -0.1) is 0 Å². The van der Waals surface area contributed by atoms with Crippen molar-refractivity contribution in [2.75, 3.05) is 5.32 Å². The number of esters is 1. The van der Waals surface area contributed by atoms with Crippen molar-refractivity contribution in [2.24, 2.45) is 0 Å². The van der Waals surface area contributed by atoms with Crippen LogP contribution in [0.5, 0.6) is 0 Å². The van der Waals surface area contributed by atoms with Gasteiger partial charge in [0.1, 0.15) is 0 Å². The molecule has 0 bridgehead atoms. The van der Waals surface area contributed by atoms with Crippen LogP contribution in [-0.4, -0.2) is 23.3 Å². The third-order valence-corrected chi connectivity index (χ3v) is 4.09. The maximum absolute atomic E-state index is 12.7. The number of benzene rings is 2. The van der Waals surface area contributed by atoms with Crippen LogP contribution in [0.2, 0.25) is 0 Å². The highest BCUT2D eigenvalue weighted by Gasteiger charge is 2.42. The molecular formula is C19H17NO4. The predicted octanol–water partition coefficient (Wildman–Crippen LogP) is 3.00. The molecule has 122 valence electrons. The van der Waals surface area contributed by atoms with E-state index in [-0.39, 0.29) is 5.78 Å². The number of Topliss-reactive ketones (excluding diaryl/α,β-unsaturated/α-hetero) is 1. The van der Waals surface area contributed by atoms with Gasteiger partial charge in [-0.25, -0.2) is 4.79 Å². The zero-order valence-electron chi connectivity index (χ0n) is 13.5. The smallest absolute Gasteiger partial charge is 0.339 e. The van der Waals surface area contributed by atoms with Crippen molar-refractivity contribution < 1.29 is 19.1 Å². The van der Waals surface area contributed by atoms with E-state index >= 15 is 0 Å². The largest absolute Gasteiger partial charge is 0.445 e. The van der Waals surface area contributed by atoms with Crippen molar-refractivity contribution in [3.63, 3.8) is 0 Å². The van der Waals surface area contributed by atoms with Crippen LogP contribution in [0.25, 0.3) is 0 Å². The fourth-order valence-electron chi connectivity index (χ4n) is 2.74. The number of hydrogen-bond acceptors (Lipinski definition) is 4. The second-order valence-electron chi connectivity index (χ2n) is 6.05. The molecule has 3 rings (SSSR count). The molecule has 0 radical (unpaired) electrons. The number of fused-ring (bicyclic) bond motifs is 1. The summed E-state index contributed by atoms with van der Waals surface area (Å²) in [4.78, 5) is 36.3. The number of amides is 1. The third kappa shape index (κ3) is 2.93. The molecule has 24 heavy (non-hydrogen) atoms. The highest BCUT2D eigenvalue weighted by Crippen LogP contribution is 2.29. The summed E-state index contributed by atoms with van der Waals surface area (Å²) in [5.41, 5.74) is 0.968. The van der Waals surface area contributed by atoms with Crippen molar-refractivity contribution in [1.82, 2.24) is 0 Å². The zero-order valence-corrected chi connectivity index (χ0v) is 13.5. The molecule has 0 fully saturated rings. The molecule has 1 aliphatic rings. The fraction of sp³-hybridized carbons (Fsp3) is 0.211. The number of anilines is 1. The van der Waals surface area contributed by atoms with E-state index in [9.17, 15) is 14.4 Å². The molecular weight excluding hydrogens is 306 g/mol. The molecule has 0 aromatic heterocycles. The van der Waals surface area contributed by atoms with Crippen molar-refractivity contribution in [3.8, 4) is 0 Å². The summed E-state index contributed by atoms with van der Waals surface area (Å²) in [6, 6.07) is 13.7. The van der Waals surface area contributed by atoms with Gasteiger partial charge >= 0.3 is 5.97 Å². The van der Waals surface area contributed by atoms with Gasteiger partial charge in [0.2, 0.25) is 0 Å². The Morgan fingerprint density at radius 1 is 1.12 bits per heavy atom. The zero-order chi connectivity index (χ0) is 17.3. The minimum atomic E-state index is -1.29. The second kappa shape index (κ2) is 5.92. The highest BCUT2D eigenvalue weighted by molar-refractivity contribution is 6.03. The average molecular weight is 323 g/mol. The van der Waals surface area contributed by atoms with E-state index in [0.29, 0.717) is 23.2 Å². The van der Waals surface area contributed by atoms with Gasteiger partial charge < -0.3 is 10.1 Å². The summed E-state index contributed by atoms with van der Waals surface area (Å²) in [5, 5.41) is 2.73. The fourth-order valence-corrected chi connectivity index (χ4v) is 2.74. The monoisotopic (exact) mass is 323 g/mol. The van der Waals surface area contributed by atoms with E-state index in [1.807, 2.05) is 12.1 Å². The summed E-state index contributed by atoms with van der Waals surface area (Å²) in [5.74, 6) is -1.02. The lowest BCUT2D eigenvalue weighted by Crippen LogP contribution is -2.48. The Morgan fingerprint density at radius 2 is 1.88 bits per heavy atom. The molecule has 0 spiro atoms. The molecule has 5 nitrogen and oxygen atoms in total. The van der Waals surface area contributed by atoms with Crippen molar-refractivity contribution in [2.45, 2.75) is 25.9 Å². The molecule has 1 heterocycles. The minimum absolute atomic E-state index is 0.0877. The van der Waals surface area contributed by atoms with Crippen LogP contribution in [0.15, 0.2) is 48.5 Å². The first-order valence-electron chi connectivity index (χ1n) is 7.63. The Bertz CT molecular complexity index is 843. The van der Waals surface area contributed by atoms with E-state index in [0.717, 1.165) is 5.56 Å². The quantitative estimate of drug-likeness (QED) is 0.696. The number of ketones is 1. The topological polar surface area (TPSA) is 72.5 Å². The van der Waals surface area contributed by atoms with Gasteiger partial charge in [-0.05, 0) is 37.6 Å². The van der Waals surface area contributed by atoms with E-state index < -0.39 is 17.5 Å². The van der Waals surface area contributed by atoms with Crippen molar-refractivity contribution in [3.05, 3.63) is 65.2 Å². The molecule has 1 N–H and O–H groups in total. The lowest BCUT2D eigenvalue weighted by molar-refractivity contribution is -0.134. The molecule has 0 saturated heterocycles. The summed E-state index contributed by atoms with van der Waals surface area (Å²) in [6.07, 6.45) is 0.299.